The lowest BCUT2D eigenvalue weighted by atomic mass is 10.0. The number of hydrogen-bond acceptors (Lipinski definition) is 3. The highest BCUT2D eigenvalue weighted by Gasteiger charge is 2.19. The van der Waals surface area contributed by atoms with E-state index < -0.39 is 0 Å². The summed E-state index contributed by atoms with van der Waals surface area (Å²) in [5.74, 6) is 2.15. The first-order valence-corrected chi connectivity index (χ1v) is 12.4. The summed E-state index contributed by atoms with van der Waals surface area (Å²) >= 11 is 0. The van der Waals surface area contributed by atoms with Gasteiger partial charge in [0.1, 0.15) is 18.2 Å². The van der Waals surface area contributed by atoms with Gasteiger partial charge in [-0.2, -0.15) is 0 Å². The average Bonchev–Trinajstić information content (AvgIpc) is 3.19. The van der Waals surface area contributed by atoms with Crippen LogP contribution in [-0.2, 0) is 17.8 Å². The molecule has 0 bridgehead atoms. The van der Waals surface area contributed by atoms with Crippen LogP contribution >= 0.6 is 0 Å². The maximum atomic E-state index is 12.8. The molecular formula is C30H35N3O2. The molecule has 1 unspecified atom stereocenters. The molecule has 182 valence electrons. The van der Waals surface area contributed by atoms with Crippen molar-refractivity contribution in [2.24, 2.45) is 0 Å². The lowest BCUT2D eigenvalue weighted by molar-refractivity contribution is -0.121. The van der Waals surface area contributed by atoms with Gasteiger partial charge in [-0.25, -0.2) is 4.98 Å². The van der Waals surface area contributed by atoms with Crippen molar-refractivity contribution in [3.8, 4) is 5.75 Å². The molecule has 0 radical (unpaired) electrons. The molecule has 0 saturated heterocycles. The number of imidazole rings is 1. The topological polar surface area (TPSA) is 56.1 Å². The van der Waals surface area contributed by atoms with E-state index >= 15 is 0 Å². The third-order valence-electron chi connectivity index (χ3n) is 6.42. The number of fused-ring (bicyclic) bond motifs is 1. The van der Waals surface area contributed by atoms with Crippen LogP contribution in [0.15, 0.2) is 66.7 Å². The van der Waals surface area contributed by atoms with Gasteiger partial charge in [0.15, 0.2) is 0 Å². The van der Waals surface area contributed by atoms with Gasteiger partial charge in [-0.1, -0.05) is 62.4 Å². The standard InChI is InChI=1S/C30H35N3O2/c1-20(2)25-15-14-21(3)18-28(25)35-17-16-33-27-13-9-8-12-26(27)32-30(33)23(5)31-29(34)19-24-11-7-6-10-22(24)4/h6-15,18,20,23H,16-17,19H2,1-5H3,(H,31,34). The van der Waals surface area contributed by atoms with Crippen molar-refractivity contribution in [1.29, 1.82) is 0 Å². The van der Waals surface area contributed by atoms with E-state index in [0.29, 0.717) is 25.5 Å². The van der Waals surface area contributed by atoms with Crippen LogP contribution in [0.4, 0.5) is 0 Å². The predicted octanol–water partition coefficient (Wildman–Crippen LogP) is 6.28. The lowest BCUT2D eigenvalue weighted by Gasteiger charge is -2.18. The number of amides is 1. The van der Waals surface area contributed by atoms with Crippen molar-refractivity contribution in [2.75, 3.05) is 6.61 Å². The van der Waals surface area contributed by atoms with Gasteiger partial charge < -0.3 is 14.6 Å². The van der Waals surface area contributed by atoms with E-state index in [0.717, 1.165) is 33.7 Å². The van der Waals surface area contributed by atoms with E-state index in [-0.39, 0.29) is 11.9 Å². The maximum Gasteiger partial charge on any atom is 0.225 e. The molecule has 1 atom stereocenters. The minimum Gasteiger partial charge on any atom is -0.491 e. The molecule has 0 aliphatic heterocycles. The summed E-state index contributed by atoms with van der Waals surface area (Å²) in [6.07, 6.45) is 0.353. The van der Waals surface area contributed by atoms with Crippen LogP contribution in [0.3, 0.4) is 0 Å². The number of carbonyl (C=O) groups is 1. The van der Waals surface area contributed by atoms with Crippen LogP contribution in [0.25, 0.3) is 11.0 Å². The van der Waals surface area contributed by atoms with Crippen LogP contribution in [0.1, 0.15) is 60.8 Å². The summed E-state index contributed by atoms with van der Waals surface area (Å²) in [5, 5.41) is 3.15. The van der Waals surface area contributed by atoms with Crippen LogP contribution < -0.4 is 10.1 Å². The number of nitrogens with one attached hydrogen (secondary N) is 1. The van der Waals surface area contributed by atoms with Gasteiger partial charge in [-0.15, -0.1) is 0 Å². The van der Waals surface area contributed by atoms with Crippen molar-refractivity contribution in [1.82, 2.24) is 14.9 Å². The second-order valence-corrected chi connectivity index (χ2v) is 9.55. The Hall–Kier alpha value is -3.60. The molecule has 35 heavy (non-hydrogen) atoms. The molecular weight excluding hydrogens is 434 g/mol. The maximum absolute atomic E-state index is 12.8. The number of rotatable bonds is 9. The number of nitrogens with zero attached hydrogens (tertiary/aromatic N) is 2. The summed E-state index contributed by atoms with van der Waals surface area (Å²) in [4.78, 5) is 17.7. The van der Waals surface area contributed by atoms with E-state index in [9.17, 15) is 4.79 Å². The van der Waals surface area contributed by atoms with E-state index in [1.54, 1.807) is 0 Å². The van der Waals surface area contributed by atoms with Crippen molar-refractivity contribution >= 4 is 16.9 Å². The summed E-state index contributed by atoms with van der Waals surface area (Å²) in [6.45, 7) is 11.6. The van der Waals surface area contributed by atoms with Crippen molar-refractivity contribution in [2.45, 2.75) is 59.5 Å². The molecule has 5 heteroatoms. The van der Waals surface area contributed by atoms with E-state index in [1.165, 1.54) is 11.1 Å². The highest BCUT2D eigenvalue weighted by atomic mass is 16.5. The van der Waals surface area contributed by atoms with E-state index in [2.05, 4.69) is 54.9 Å². The van der Waals surface area contributed by atoms with Crippen molar-refractivity contribution in [3.63, 3.8) is 0 Å². The Balaban J connectivity index is 1.52. The van der Waals surface area contributed by atoms with Crippen LogP contribution in [0.5, 0.6) is 5.75 Å². The second kappa shape index (κ2) is 10.8. The van der Waals surface area contributed by atoms with Crippen molar-refractivity contribution < 1.29 is 9.53 Å². The Bertz CT molecular complexity index is 1320. The normalized spacial score (nSPS) is 12.2. The Morgan fingerprint density at radius 1 is 1.00 bits per heavy atom. The summed E-state index contributed by atoms with van der Waals surface area (Å²) < 4.78 is 8.44. The first-order valence-electron chi connectivity index (χ1n) is 12.4. The minimum absolute atomic E-state index is 0.0111. The number of hydrogen-bond donors (Lipinski definition) is 1. The zero-order chi connectivity index (χ0) is 24.9. The third-order valence-corrected chi connectivity index (χ3v) is 6.42. The summed E-state index contributed by atoms with van der Waals surface area (Å²) in [5.41, 5.74) is 6.52. The van der Waals surface area contributed by atoms with Gasteiger partial charge in [0.25, 0.3) is 0 Å². The molecule has 4 rings (SSSR count). The smallest absolute Gasteiger partial charge is 0.225 e. The molecule has 1 N–H and O–H groups in total. The number of benzene rings is 3. The van der Waals surface area contributed by atoms with Crippen LogP contribution in [0, 0.1) is 13.8 Å². The van der Waals surface area contributed by atoms with Crippen molar-refractivity contribution in [3.05, 3.63) is 94.8 Å². The fourth-order valence-corrected chi connectivity index (χ4v) is 4.49. The van der Waals surface area contributed by atoms with Gasteiger partial charge in [0, 0.05) is 0 Å². The molecule has 0 aliphatic carbocycles. The molecule has 0 fully saturated rings. The SMILES string of the molecule is Cc1ccc(C(C)C)c(OCCn2c(C(C)NC(=O)Cc3ccccc3C)nc3ccccc32)c1. The Morgan fingerprint density at radius 3 is 2.51 bits per heavy atom. The average molecular weight is 470 g/mol. The highest BCUT2D eigenvalue weighted by Crippen LogP contribution is 2.28. The van der Waals surface area contributed by atoms with Crippen LogP contribution in [0.2, 0.25) is 0 Å². The quantitative estimate of drug-likeness (QED) is 0.314. The number of aromatic nitrogens is 2. The molecule has 1 amide bonds. The predicted molar refractivity (Wildman–Crippen MR) is 142 cm³/mol. The molecule has 1 aromatic heterocycles. The van der Waals surface area contributed by atoms with Gasteiger partial charge in [0.05, 0.1) is 30.0 Å². The molecule has 5 nitrogen and oxygen atoms in total. The molecule has 3 aromatic carbocycles. The Labute approximate surface area is 208 Å². The second-order valence-electron chi connectivity index (χ2n) is 9.55. The molecule has 1 heterocycles. The van der Waals surface area contributed by atoms with E-state index in [4.69, 9.17) is 9.72 Å². The zero-order valence-corrected chi connectivity index (χ0v) is 21.3. The summed E-state index contributed by atoms with van der Waals surface area (Å²) in [7, 11) is 0. The molecule has 0 aliphatic rings. The minimum atomic E-state index is -0.232. The van der Waals surface area contributed by atoms with Gasteiger partial charge >= 0.3 is 0 Å². The van der Waals surface area contributed by atoms with E-state index in [1.807, 2.05) is 56.3 Å². The lowest BCUT2D eigenvalue weighted by Crippen LogP contribution is -2.30. The van der Waals surface area contributed by atoms with Gasteiger partial charge in [-0.05, 0) is 67.1 Å². The first-order chi connectivity index (χ1) is 16.8. The summed E-state index contributed by atoms with van der Waals surface area (Å²) in [6, 6.07) is 22.2. The van der Waals surface area contributed by atoms with Gasteiger partial charge in [-0.3, -0.25) is 4.79 Å². The monoisotopic (exact) mass is 469 g/mol. The fourth-order valence-electron chi connectivity index (χ4n) is 4.49. The Morgan fingerprint density at radius 2 is 1.74 bits per heavy atom. The third kappa shape index (κ3) is 5.73. The van der Waals surface area contributed by atoms with Gasteiger partial charge in [0.2, 0.25) is 5.91 Å². The Kier molecular flexibility index (Phi) is 7.54. The fraction of sp³-hybridized carbons (Fsp3) is 0.333. The number of carbonyl (C=O) groups excluding carboxylic acids is 1. The largest absolute Gasteiger partial charge is 0.491 e. The molecule has 0 saturated carbocycles. The molecule has 4 aromatic rings. The number of ether oxygens (including phenoxy) is 1. The highest BCUT2D eigenvalue weighted by molar-refractivity contribution is 5.80. The molecule has 0 spiro atoms. The van der Waals surface area contributed by atoms with Crippen LogP contribution in [-0.4, -0.2) is 22.1 Å². The zero-order valence-electron chi connectivity index (χ0n) is 21.3. The number of para-hydroxylation sites is 2. The number of aryl methyl sites for hydroxylation is 2. The first kappa shape index (κ1) is 24.5.